The Morgan fingerprint density at radius 3 is 2.69 bits per heavy atom. The summed E-state index contributed by atoms with van der Waals surface area (Å²) in [6, 6.07) is 3.78. The number of nitrogens with two attached hydrogens (primary N) is 1. The first-order valence-electron chi connectivity index (χ1n) is 10.1. The van der Waals surface area contributed by atoms with Gasteiger partial charge in [-0.05, 0) is 26.3 Å². The number of ether oxygens (including phenoxy) is 2. The molecule has 3 N–H and O–H groups in total. The van der Waals surface area contributed by atoms with Crippen LogP contribution in [-0.4, -0.2) is 77.1 Å². The average Bonchev–Trinajstić information content (AvgIpc) is 3.00. The fourth-order valence-corrected chi connectivity index (χ4v) is 3.96. The quantitative estimate of drug-likeness (QED) is 0.736. The molecule has 1 aromatic heterocycles. The lowest BCUT2D eigenvalue weighted by Gasteiger charge is -2.39. The molecule has 4 rings (SSSR count). The maximum atomic E-state index is 13.1. The van der Waals surface area contributed by atoms with Gasteiger partial charge < -0.3 is 29.8 Å². The van der Waals surface area contributed by atoms with Crippen LogP contribution in [0.15, 0.2) is 12.1 Å². The summed E-state index contributed by atoms with van der Waals surface area (Å²) in [4.78, 5) is 21.7. The number of imidazole rings is 1. The standard InChI is InChI=1S/C20H29N5O4/c1-20(2)18(27)24(6-5-23-7-10-28-11-8-23)16-12-14-15(13-17(16)29-20)25(4-3-9-26)19(21)22-14/h12-13,26H,3-11H2,1-2H3,(H2,21,22). The highest BCUT2D eigenvalue weighted by Gasteiger charge is 2.41. The summed E-state index contributed by atoms with van der Waals surface area (Å²) in [5, 5.41) is 9.16. The number of aryl methyl sites for hydroxylation is 1. The molecule has 2 aliphatic rings. The van der Waals surface area contributed by atoms with Gasteiger partial charge in [0.25, 0.3) is 5.91 Å². The zero-order valence-electron chi connectivity index (χ0n) is 17.1. The second-order valence-electron chi connectivity index (χ2n) is 8.03. The van der Waals surface area contributed by atoms with Crippen molar-refractivity contribution in [3.8, 4) is 5.75 Å². The zero-order valence-corrected chi connectivity index (χ0v) is 17.1. The number of fused-ring (bicyclic) bond motifs is 2. The summed E-state index contributed by atoms with van der Waals surface area (Å²) in [5.41, 5.74) is 7.42. The fraction of sp³-hybridized carbons (Fsp3) is 0.600. The number of aliphatic hydroxyl groups is 1. The number of nitrogens with zero attached hydrogens (tertiary/aromatic N) is 4. The van der Waals surface area contributed by atoms with Crippen LogP contribution in [0.4, 0.5) is 11.6 Å². The second-order valence-corrected chi connectivity index (χ2v) is 8.03. The first-order chi connectivity index (χ1) is 13.9. The number of rotatable bonds is 6. The molecule has 0 bridgehead atoms. The molecule has 0 aliphatic carbocycles. The molecule has 1 aromatic carbocycles. The SMILES string of the molecule is CC1(C)Oc2cc3c(cc2N(CCN2CCOCC2)C1=O)nc(N)n3CCCO. The molecule has 0 saturated carbocycles. The number of carbonyl (C=O) groups is 1. The van der Waals surface area contributed by atoms with Crippen molar-refractivity contribution in [1.29, 1.82) is 0 Å². The van der Waals surface area contributed by atoms with Crippen LogP contribution in [0.1, 0.15) is 20.3 Å². The van der Waals surface area contributed by atoms with Crippen molar-refractivity contribution in [3.63, 3.8) is 0 Å². The van der Waals surface area contributed by atoms with Crippen LogP contribution in [0.3, 0.4) is 0 Å². The van der Waals surface area contributed by atoms with Crippen molar-refractivity contribution in [1.82, 2.24) is 14.5 Å². The van der Waals surface area contributed by atoms with E-state index in [0.717, 1.165) is 44.1 Å². The largest absolute Gasteiger partial charge is 0.476 e. The molecule has 1 saturated heterocycles. The summed E-state index contributed by atoms with van der Waals surface area (Å²) >= 11 is 0. The van der Waals surface area contributed by atoms with E-state index in [-0.39, 0.29) is 12.5 Å². The minimum Gasteiger partial charge on any atom is -0.476 e. The van der Waals surface area contributed by atoms with Crippen molar-refractivity contribution < 1.29 is 19.4 Å². The van der Waals surface area contributed by atoms with Gasteiger partial charge in [-0.3, -0.25) is 9.69 Å². The predicted octanol–water partition coefficient (Wildman–Crippen LogP) is 0.837. The highest BCUT2D eigenvalue weighted by Crippen LogP contribution is 2.40. The molecular formula is C20H29N5O4. The summed E-state index contributed by atoms with van der Waals surface area (Å²) in [6.45, 7) is 8.79. The lowest BCUT2D eigenvalue weighted by molar-refractivity contribution is -0.132. The smallest absolute Gasteiger partial charge is 0.270 e. The Morgan fingerprint density at radius 1 is 1.21 bits per heavy atom. The van der Waals surface area contributed by atoms with E-state index in [4.69, 9.17) is 20.3 Å². The molecule has 0 spiro atoms. The monoisotopic (exact) mass is 403 g/mol. The molecule has 1 amide bonds. The van der Waals surface area contributed by atoms with Crippen molar-refractivity contribution >= 4 is 28.6 Å². The van der Waals surface area contributed by atoms with Crippen molar-refractivity contribution in [2.75, 3.05) is 56.6 Å². The van der Waals surface area contributed by atoms with E-state index >= 15 is 0 Å². The maximum absolute atomic E-state index is 13.1. The van der Waals surface area contributed by atoms with E-state index in [2.05, 4.69) is 9.88 Å². The van der Waals surface area contributed by atoms with Gasteiger partial charge in [0.15, 0.2) is 5.60 Å². The molecule has 2 aromatic rings. The number of morpholine rings is 1. The van der Waals surface area contributed by atoms with Gasteiger partial charge in [0, 0.05) is 45.4 Å². The molecule has 1 fully saturated rings. The first-order valence-corrected chi connectivity index (χ1v) is 10.1. The molecule has 29 heavy (non-hydrogen) atoms. The molecule has 2 aliphatic heterocycles. The van der Waals surface area contributed by atoms with Crippen LogP contribution >= 0.6 is 0 Å². The summed E-state index contributed by atoms with van der Waals surface area (Å²) in [5.74, 6) is 0.973. The molecule has 0 atom stereocenters. The van der Waals surface area contributed by atoms with Crippen LogP contribution in [0, 0.1) is 0 Å². The second kappa shape index (κ2) is 7.81. The van der Waals surface area contributed by atoms with Crippen LogP contribution in [0.25, 0.3) is 11.0 Å². The van der Waals surface area contributed by atoms with Gasteiger partial charge in [-0.25, -0.2) is 4.98 Å². The Balaban J connectivity index is 1.68. The van der Waals surface area contributed by atoms with Gasteiger partial charge >= 0.3 is 0 Å². The maximum Gasteiger partial charge on any atom is 0.270 e. The van der Waals surface area contributed by atoms with Gasteiger partial charge in [-0.1, -0.05) is 0 Å². The Kier molecular flexibility index (Phi) is 5.37. The first kappa shape index (κ1) is 19.9. The van der Waals surface area contributed by atoms with Crippen LogP contribution in [0.5, 0.6) is 5.75 Å². The van der Waals surface area contributed by atoms with E-state index in [1.54, 1.807) is 18.7 Å². The number of benzene rings is 1. The molecule has 0 radical (unpaired) electrons. The molecule has 9 nitrogen and oxygen atoms in total. The lowest BCUT2D eigenvalue weighted by atomic mass is 10.0. The van der Waals surface area contributed by atoms with Crippen molar-refractivity contribution in [2.24, 2.45) is 0 Å². The van der Waals surface area contributed by atoms with Gasteiger partial charge in [-0.15, -0.1) is 0 Å². The number of carbonyl (C=O) groups excluding carboxylic acids is 1. The number of aromatic nitrogens is 2. The zero-order chi connectivity index (χ0) is 20.6. The van der Waals surface area contributed by atoms with E-state index in [0.29, 0.717) is 36.7 Å². The third kappa shape index (κ3) is 3.77. The van der Waals surface area contributed by atoms with E-state index in [1.165, 1.54) is 0 Å². The van der Waals surface area contributed by atoms with Gasteiger partial charge in [0.2, 0.25) is 5.95 Å². The fourth-order valence-electron chi connectivity index (χ4n) is 3.96. The molecule has 158 valence electrons. The number of aliphatic hydroxyl groups excluding tert-OH is 1. The van der Waals surface area contributed by atoms with Crippen molar-refractivity contribution in [3.05, 3.63) is 12.1 Å². The van der Waals surface area contributed by atoms with Gasteiger partial charge in [0.1, 0.15) is 5.75 Å². The highest BCUT2D eigenvalue weighted by molar-refractivity contribution is 6.04. The molecule has 9 heteroatoms. The van der Waals surface area contributed by atoms with Crippen LogP contribution in [0.2, 0.25) is 0 Å². The van der Waals surface area contributed by atoms with E-state index < -0.39 is 5.60 Å². The third-order valence-electron chi connectivity index (χ3n) is 5.56. The van der Waals surface area contributed by atoms with Gasteiger partial charge in [0.05, 0.1) is 29.9 Å². The Labute approximate surface area is 170 Å². The van der Waals surface area contributed by atoms with Crippen LogP contribution < -0.4 is 15.4 Å². The Morgan fingerprint density at radius 2 is 1.97 bits per heavy atom. The lowest BCUT2D eigenvalue weighted by Crippen LogP contribution is -2.54. The highest BCUT2D eigenvalue weighted by atomic mass is 16.5. The minimum absolute atomic E-state index is 0.0645. The third-order valence-corrected chi connectivity index (χ3v) is 5.56. The number of hydrogen-bond donors (Lipinski definition) is 2. The van der Waals surface area contributed by atoms with Gasteiger partial charge in [-0.2, -0.15) is 0 Å². The Bertz CT molecular complexity index is 904. The Hall–Kier alpha value is -2.36. The molecule has 3 heterocycles. The van der Waals surface area contributed by atoms with Crippen LogP contribution in [-0.2, 0) is 16.1 Å². The average molecular weight is 403 g/mol. The molecular weight excluding hydrogens is 374 g/mol. The normalized spacial score (nSPS) is 19.4. The number of anilines is 2. The van der Waals surface area contributed by atoms with Crippen molar-refractivity contribution in [2.45, 2.75) is 32.4 Å². The van der Waals surface area contributed by atoms with E-state index in [1.807, 2.05) is 16.7 Å². The number of amides is 1. The molecule has 0 unspecified atom stereocenters. The summed E-state index contributed by atoms with van der Waals surface area (Å²) in [7, 11) is 0. The van der Waals surface area contributed by atoms with E-state index in [9.17, 15) is 4.79 Å². The summed E-state index contributed by atoms with van der Waals surface area (Å²) < 4.78 is 13.4. The topological polar surface area (TPSA) is 106 Å². The predicted molar refractivity (Wildman–Crippen MR) is 110 cm³/mol. The number of hydrogen-bond acceptors (Lipinski definition) is 7. The minimum atomic E-state index is -0.951. The summed E-state index contributed by atoms with van der Waals surface area (Å²) in [6.07, 6.45) is 0.587. The number of nitrogen functional groups attached to an aromatic ring is 1.